The summed E-state index contributed by atoms with van der Waals surface area (Å²) in [6.07, 6.45) is 0. The van der Waals surface area contributed by atoms with E-state index in [4.69, 9.17) is 4.52 Å². The maximum absolute atomic E-state index is 13.1. The number of nitrogens with one attached hydrogen (secondary N) is 1. The number of aromatic nitrogens is 1. The zero-order valence-corrected chi connectivity index (χ0v) is 16.2. The molecule has 1 heterocycles. The van der Waals surface area contributed by atoms with Gasteiger partial charge in [-0.1, -0.05) is 41.6 Å². The van der Waals surface area contributed by atoms with Crippen molar-refractivity contribution < 1.29 is 14.1 Å². The van der Waals surface area contributed by atoms with E-state index in [9.17, 15) is 9.59 Å². The predicted molar refractivity (Wildman–Crippen MR) is 107 cm³/mol. The number of benzene rings is 2. The van der Waals surface area contributed by atoms with Gasteiger partial charge in [0.15, 0.2) is 5.82 Å². The summed E-state index contributed by atoms with van der Waals surface area (Å²) in [6.45, 7) is 6.20. The topological polar surface area (TPSA) is 75.4 Å². The summed E-state index contributed by atoms with van der Waals surface area (Å²) in [5.41, 5.74) is 1.91. The van der Waals surface area contributed by atoms with E-state index in [0.717, 1.165) is 5.56 Å². The average Bonchev–Trinajstić information content (AvgIpc) is 3.11. The average molecular weight is 377 g/mol. The minimum Gasteiger partial charge on any atom is -0.360 e. The second kappa shape index (κ2) is 8.52. The first-order chi connectivity index (χ1) is 13.4. The van der Waals surface area contributed by atoms with Gasteiger partial charge in [0.05, 0.1) is 0 Å². The van der Waals surface area contributed by atoms with E-state index >= 15 is 0 Å². The number of amides is 2. The van der Waals surface area contributed by atoms with Gasteiger partial charge in [0.25, 0.3) is 11.8 Å². The lowest BCUT2D eigenvalue weighted by Crippen LogP contribution is -2.36. The fourth-order valence-corrected chi connectivity index (χ4v) is 2.84. The molecule has 0 spiro atoms. The van der Waals surface area contributed by atoms with E-state index in [1.807, 2.05) is 44.2 Å². The summed E-state index contributed by atoms with van der Waals surface area (Å²) in [6, 6.07) is 18.2. The Morgan fingerprint density at radius 2 is 1.75 bits per heavy atom. The molecular weight excluding hydrogens is 354 g/mol. The van der Waals surface area contributed by atoms with Gasteiger partial charge in [-0.15, -0.1) is 0 Å². The fraction of sp³-hybridized carbons (Fsp3) is 0.227. The molecule has 2 aromatic carbocycles. The van der Waals surface area contributed by atoms with Crippen LogP contribution >= 0.6 is 0 Å². The fourth-order valence-electron chi connectivity index (χ4n) is 2.84. The van der Waals surface area contributed by atoms with Gasteiger partial charge in [0.1, 0.15) is 5.76 Å². The molecule has 0 radical (unpaired) electrons. The molecule has 3 aromatic rings. The summed E-state index contributed by atoms with van der Waals surface area (Å²) in [4.78, 5) is 27.4. The third kappa shape index (κ3) is 4.65. The van der Waals surface area contributed by atoms with Crippen molar-refractivity contribution in [2.45, 2.75) is 33.4 Å². The number of aryl methyl sites for hydroxylation is 1. The van der Waals surface area contributed by atoms with Crippen LogP contribution in [0.2, 0.25) is 0 Å². The number of hydrogen-bond acceptors (Lipinski definition) is 4. The van der Waals surface area contributed by atoms with Gasteiger partial charge < -0.3 is 14.7 Å². The number of rotatable bonds is 6. The molecule has 0 aliphatic carbocycles. The van der Waals surface area contributed by atoms with Crippen LogP contribution in [0.3, 0.4) is 0 Å². The SMILES string of the molecule is Cc1cc(NC(=O)c2cccc(C(=O)N(Cc3ccccc3)C(C)C)c2)no1. The van der Waals surface area contributed by atoms with Crippen LogP contribution in [0.15, 0.2) is 65.2 Å². The minimum absolute atomic E-state index is 0.0169. The molecule has 0 fully saturated rings. The van der Waals surface area contributed by atoms with Crippen molar-refractivity contribution in [1.82, 2.24) is 10.1 Å². The molecule has 0 aliphatic heterocycles. The zero-order chi connectivity index (χ0) is 20.1. The van der Waals surface area contributed by atoms with Crippen LogP contribution in [0.4, 0.5) is 5.82 Å². The summed E-state index contributed by atoms with van der Waals surface area (Å²) in [7, 11) is 0. The highest BCUT2D eigenvalue weighted by Gasteiger charge is 2.20. The van der Waals surface area contributed by atoms with E-state index < -0.39 is 0 Å². The number of anilines is 1. The van der Waals surface area contributed by atoms with Gasteiger partial charge in [0.2, 0.25) is 0 Å². The van der Waals surface area contributed by atoms with Crippen LogP contribution in [0.25, 0.3) is 0 Å². The lowest BCUT2D eigenvalue weighted by atomic mass is 10.1. The Labute approximate surface area is 164 Å². The zero-order valence-electron chi connectivity index (χ0n) is 16.2. The lowest BCUT2D eigenvalue weighted by molar-refractivity contribution is 0.0690. The molecule has 0 atom stereocenters. The van der Waals surface area contributed by atoms with Crippen LogP contribution in [0.5, 0.6) is 0 Å². The van der Waals surface area contributed by atoms with Crippen molar-refractivity contribution in [3.8, 4) is 0 Å². The molecule has 0 saturated heterocycles. The summed E-state index contributed by atoms with van der Waals surface area (Å²) in [5.74, 6) is 0.479. The minimum atomic E-state index is -0.345. The molecule has 0 bridgehead atoms. The maximum Gasteiger partial charge on any atom is 0.256 e. The van der Waals surface area contributed by atoms with Gasteiger partial charge in [-0.05, 0) is 44.5 Å². The van der Waals surface area contributed by atoms with E-state index in [1.165, 1.54) is 0 Å². The largest absolute Gasteiger partial charge is 0.360 e. The van der Waals surface area contributed by atoms with Crippen molar-refractivity contribution in [2.75, 3.05) is 5.32 Å². The molecule has 3 rings (SSSR count). The molecule has 6 heteroatoms. The molecule has 2 amide bonds. The smallest absolute Gasteiger partial charge is 0.256 e. The molecule has 144 valence electrons. The number of nitrogens with zero attached hydrogens (tertiary/aromatic N) is 2. The Hall–Kier alpha value is -3.41. The van der Waals surface area contributed by atoms with Crippen LogP contribution < -0.4 is 5.32 Å². The lowest BCUT2D eigenvalue weighted by Gasteiger charge is -2.27. The van der Waals surface area contributed by atoms with Crippen molar-refractivity contribution in [2.24, 2.45) is 0 Å². The van der Waals surface area contributed by atoms with Crippen molar-refractivity contribution in [3.63, 3.8) is 0 Å². The predicted octanol–water partition coefficient (Wildman–Crippen LogP) is 4.29. The van der Waals surface area contributed by atoms with Crippen LogP contribution in [-0.2, 0) is 6.54 Å². The highest BCUT2D eigenvalue weighted by molar-refractivity contribution is 6.05. The molecule has 0 saturated carbocycles. The third-order valence-corrected chi connectivity index (χ3v) is 4.32. The summed E-state index contributed by atoms with van der Waals surface area (Å²) >= 11 is 0. The molecule has 0 unspecified atom stereocenters. The number of carbonyl (C=O) groups is 2. The summed E-state index contributed by atoms with van der Waals surface area (Å²) in [5, 5.41) is 6.42. The Morgan fingerprint density at radius 1 is 1.04 bits per heavy atom. The van der Waals surface area contributed by atoms with Gasteiger partial charge in [-0.3, -0.25) is 9.59 Å². The normalized spacial score (nSPS) is 10.7. The number of carbonyl (C=O) groups excluding carboxylic acids is 2. The molecule has 1 aromatic heterocycles. The Kier molecular flexibility index (Phi) is 5.89. The van der Waals surface area contributed by atoms with Gasteiger partial charge in [0, 0.05) is 29.8 Å². The Morgan fingerprint density at radius 3 is 2.39 bits per heavy atom. The van der Waals surface area contributed by atoms with Crippen LogP contribution in [0.1, 0.15) is 45.9 Å². The van der Waals surface area contributed by atoms with E-state index in [0.29, 0.717) is 29.2 Å². The van der Waals surface area contributed by atoms with E-state index in [-0.39, 0.29) is 17.9 Å². The second-order valence-corrected chi connectivity index (χ2v) is 6.87. The highest BCUT2D eigenvalue weighted by Crippen LogP contribution is 2.16. The Balaban J connectivity index is 1.78. The molecule has 0 aliphatic rings. The molecule has 28 heavy (non-hydrogen) atoms. The standard InChI is InChI=1S/C22H23N3O3/c1-15(2)25(14-17-8-5-4-6-9-17)22(27)19-11-7-10-18(13-19)21(26)23-20-12-16(3)28-24-20/h4-13,15H,14H2,1-3H3,(H,23,24,26). The summed E-state index contributed by atoms with van der Waals surface area (Å²) < 4.78 is 4.95. The van der Waals surface area contributed by atoms with Crippen molar-refractivity contribution >= 4 is 17.6 Å². The third-order valence-electron chi connectivity index (χ3n) is 4.32. The highest BCUT2D eigenvalue weighted by atomic mass is 16.5. The first kappa shape index (κ1) is 19.4. The number of hydrogen-bond donors (Lipinski definition) is 1. The molecule has 6 nitrogen and oxygen atoms in total. The van der Waals surface area contributed by atoms with Crippen LogP contribution in [-0.4, -0.2) is 27.9 Å². The van der Waals surface area contributed by atoms with Crippen molar-refractivity contribution in [1.29, 1.82) is 0 Å². The van der Waals surface area contributed by atoms with Gasteiger partial charge in [-0.25, -0.2) is 0 Å². The first-order valence-corrected chi connectivity index (χ1v) is 9.13. The maximum atomic E-state index is 13.1. The quantitative estimate of drug-likeness (QED) is 0.695. The second-order valence-electron chi connectivity index (χ2n) is 6.87. The monoisotopic (exact) mass is 377 g/mol. The molecular formula is C22H23N3O3. The van der Waals surface area contributed by atoms with Gasteiger partial charge in [-0.2, -0.15) is 0 Å². The van der Waals surface area contributed by atoms with Gasteiger partial charge >= 0.3 is 0 Å². The first-order valence-electron chi connectivity index (χ1n) is 9.13. The Bertz CT molecular complexity index is 964. The van der Waals surface area contributed by atoms with Crippen LogP contribution in [0, 0.1) is 6.92 Å². The van der Waals surface area contributed by atoms with E-state index in [2.05, 4.69) is 10.5 Å². The van der Waals surface area contributed by atoms with Crippen molar-refractivity contribution in [3.05, 3.63) is 83.1 Å². The van der Waals surface area contributed by atoms with E-state index in [1.54, 1.807) is 42.2 Å². The molecule has 1 N–H and O–H groups in total.